The summed E-state index contributed by atoms with van der Waals surface area (Å²) in [4.78, 5) is 24.0. The van der Waals surface area contributed by atoms with Crippen LogP contribution in [0, 0.1) is 0 Å². The van der Waals surface area contributed by atoms with E-state index in [0.29, 0.717) is 12.6 Å². The summed E-state index contributed by atoms with van der Waals surface area (Å²) in [6.45, 7) is 6.40. The number of carbonyl (C=O) groups excluding carboxylic acids is 2. The van der Waals surface area contributed by atoms with E-state index in [0.717, 1.165) is 19.6 Å². The van der Waals surface area contributed by atoms with Gasteiger partial charge < -0.3 is 5.32 Å². The normalized spacial score (nSPS) is 22.1. The Balaban J connectivity index is 2.26. The molecule has 0 spiro atoms. The molecule has 0 aromatic carbocycles. The Kier molecular flexibility index (Phi) is 4.51. The molecule has 0 aliphatic carbocycles. The van der Waals surface area contributed by atoms with E-state index in [1.54, 1.807) is 0 Å². The van der Waals surface area contributed by atoms with Crippen LogP contribution in [0.1, 0.15) is 13.8 Å². The van der Waals surface area contributed by atoms with Crippen molar-refractivity contribution in [2.75, 3.05) is 26.2 Å². The fourth-order valence-corrected chi connectivity index (χ4v) is 1.50. The van der Waals surface area contributed by atoms with Crippen LogP contribution in [0.5, 0.6) is 0 Å². The largest absolute Gasteiger partial charge is 0.314 e. The summed E-state index contributed by atoms with van der Waals surface area (Å²) < 4.78 is 0. The van der Waals surface area contributed by atoms with Crippen molar-refractivity contribution >= 4 is 11.8 Å². The molecule has 1 rings (SSSR count). The maximum Gasteiger partial charge on any atom is 0.252 e. The van der Waals surface area contributed by atoms with E-state index in [4.69, 9.17) is 0 Å². The highest BCUT2D eigenvalue weighted by molar-refractivity contribution is 5.81. The molecule has 1 fully saturated rings. The number of piperazine rings is 1. The van der Waals surface area contributed by atoms with Crippen LogP contribution in [0.25, 0.3) is 0 Å². The zero-order valence-electron chi connectivity index (χ0n) is 9.17. The number of hydrogen-bond acceptors (Lipinski definition) is 4. The SMILES string of the molecule is CC(=O)NNC(=O)CN1CCNCC1C. The van der Waals surface area contributed by atoms with Gasteiger partial charge in [0.05, 0.1) is 6.54 Å². The van der Waals surface area contributed by atoms with Crippen LogP contribution >= 0.6 is 0 Å². The fraction of sp³-hybridized carbons (Fsp3) is 0.778. The van der Waals surface area contributed by atoms with E-state index in [1.807, 2.05) is 0 Å². The van der Waals surface area contributed by atoms with Crippen LogP contribution in [0.2, 0.25) is 0 Å². The second-order valence-electron chi connectivity index (χ2n) is 3.75. The average Bonchev–Trinajstić information content (AvgIpc) is 2.18. The molecule has 1 aliphatic heterocycles. The molecule has 0 radical (unpaired) electrons. The summed E-state index contributed by atoms with van der Waals surface area (Å²) in [6, 6.07) is 0.349. The molecule has 1 saturated heterocycles. The molecule has 0 aromatic heterocycles. The number of hydrogen-bond donors (Lipinski definition) is 3. The van der Waals surface area contributed by atoms with Gasteiger partial charge in [-0.25, -0.2) is 0 Å². The molecule has 0 saturated carbocycles. The van der Waals surface area contributed by atoms with E-state index in [1.165, 1.54) is 6.92 Å². The van der Waals surface area contributed by atoms with Gasteiger partial charge in [0.15, 0.2) is 0 Å². The summed E-state index contributed by atoms with van der Waals surface area (Å²) in [5, 5.41) is 3.24. The molecule has 0 bridgehead atoms. The minimum absolute atomic E-state index is 0.182. The summed E-state index contributed by atoms with van der Waals surface area (Å²) in [7, 11) is 0. The van der Waals surface area contributed by atoms with Crippen LogP contribution in [0.4, 0.5) is 0 Å². The van der Waals surface area contributed by atoms with Gasteiger partial charge >= 0.3 is 0 Å². The van der Waals surface area contributed by atoms with Crippen LogP contribution in [-0.2, 0) is 9.59 Å². The summed E-state index contributed by atoms with van der Waals surface area (Å²) >= 11 is 0. The third kappa shape index (κ3) is 4.26. The summed E-state index contributed by atoms with van der Waals surface area (Å²) in [5.41, 5.74) is 4.62. The van der Waals surface area contributed by atoms with Gasteiger partial charge in [-0.15, -0.1) is 0 Å². The van der Waals surface area contributed by atoms with Crippen molar-refractivity contribution in [2.24, 2.45) is 0 Å². The zero-order chi connectivity index (χ0) is 11.3. The van der Waals surface area contributed by atoms with Crippen LogP contribution < -0.4 is 16.2 Å². The molecule has 6 heteroatoms. The molecule has 0 aromatic rings. The molecule has 1 unspecified atom stereocenters. The quantitative estimate of drug-likeness (QED) is 0.486. The highest BCUT2D eigenvalue weighted by Crippen LogP contribution is 2.00. The molecule has 15 heavy (non-hydrogen) atoms. The van der Waals surface area contributed by atoms with Crippen molar-refractivity contribution in [1.29, 1.82) is 0 Å². The van der Waals surface area contributed by atoms with Crippen LogP contribution in [0.15, 0.2) is 0 Å². The van der Waals surface area contributed by atoms with Crippen molar-refractivity contribution in [2.45, 2.75) is 19.9 Å². The van der Waals surface area contributed by atoms with Gasteiger partial charge in [-0.2, -0.15) is 0 Å². The van der Waals surface area contributed by atoms with E-state index in [2.05, 4.69) is 28.0 Å². The maximum absolute atomic E-state index is 11.4. The van der Waals surface area contributed by atoms with Gasteiger partial charge in [0.1, 0.15) is 0 Å². The van der Waals surface area contributed by atoms with Gasteiger partial charge in [-0.1, -0.05) is 0 Å². The smallest absolute Gasteiger partial charge is 0.252 e. The Morgan fingerprint density at radius 1 is 1.47 bits per heavy atom. The Labute approximate surface area is 89.4 Å². The first-order valence-corrected chi connectivity index (χ1v) is 5.10. The van der Waals surface area contributed by atoms with E-state index < -0.39 is 0 Å². The van der Waals surface area contributed by atoms with Gasteiger partial charge in [-0.3, -0.25) is 25.3 Å². The predicted molar refractivity (Wildman–Crippen MR) is 55.9 cm³/mol. The molecule has 3 N–H and O–H groups in total. The van der Waals surface area contributed by atoms with Crippen molar-refractivity contribution in [3.63, 3.8) is 0 Å². The molecular formula is C9H18N4O2. The monoisotopic (exact) mass is 214 g/mol. The number of hydrazine groups is 1. The Hall–Kier alpha value is -1.14. The first-order chi connectivity index (χ1) is 7.09. The predicted octanol–water partition coefficient (Wildman–Crippen LogP) is -1.55. The lowest BCUT2D eigenvalue weighted by molar-refractivity contribution is -0.129. The minimum Gasteiger partial charge on any atom is -0.314 e. The second kappa shape index (κ2) is 5.67. The molecule has 1 aliphatic rings. The molecule has 6 nitrogen and oxygen atoms in total. The maximum atomic E-state index is 11.4. The average molecular weight is 214 g/mol. The number of amides is 2. The third-order valence-corrected chi connectivity index (χ3v) is 2.36. The number of nitrogens with zero attached hydrogens (tertiary/aromatic N) is 1. The zero-order valence-corrected chi connectivity index (χ0v) is 9.17. The lowest BCUT2D eigenvalue weighted by atomic mass is 10.2. The molecule has 1 heterocycles. The lowest BCUT2D eigenvalue weighted by Gasteiger charge is -2.33. The number of nitrogens with one attached hydrogen (secondary N) is 3. The van der Waals surface area contributed by atoms with Crippen molar-refractivity contribution < 1.29 is 9.59 Å². The molecule has 1 atom stereocenters. The van der Waals surface area contributed by atoms with Crippen molar-refractivity contribution in [1.82, 2.24) is 21.1 Å². The van der Waals surface area contributed by atoms with E-state index >= 15 is 0 Å². The molecule has 2 amide bonds. The topological polar surface area (TPSA) is 73.5 Å². The van der Waals surface area contributed by atoms with Gasteiger partial charge in [-0.05, 0) is 6.92 Å². The lowest BCUT2D eigenvalue weighted by Crippen LogP contribution is -2.54. The fourth-order valence-electron chi connectivity index (χ4n) is 1.50. The minimum atomic E-state index is -0.267. The van der Waals surface area contributed by atoms with Gasteiger partial charge in [0.25, 0.3) is 5.91 Å². The van der Waals surface area contributed by atoms with E-state index in [-0.39, 0.29) is 11.8 Å². The van der Waals surface area contributed by atoms with E-state index in [9.17, 15) is 9.59 Å². The highest BCUT2D eigenvalue weighted by Gasteiger charge is 2.19. The highest BCUT2D eigenvalue weighted by atomic mass is 16.2. The van der Waals surface area contributed by atoms with Gasteiger partial charge in [0.2, 0.25) is 5.91 Å². The van der Waals surface area contributed by atoms with Crippen molar-refractivity contribution in [3.8, 4) is 0 Å². The van der Waals surface area contributed by atoms with Crippen LogP contribution in [-0.4, -0.2) is 48.9 Å². The first-order valence-electron chi connectivity index (χ1n) is 5.10. The summed E-state index contributed by atoms with van der Waals surface area (Å²) in [5.74, 6) is -0.448. The Morgan fingerprint density at radius 2 is 2.20 bits per heavy atom. The summed E-state index contributed by atoms with van der Waals surface area (Å²) in [6.07, 6.45) is 0. The second-order valence-corrected chi connectivity index (χ2v) is 3.75. The Bertz CT molecular complexity index is 244. The van der Waals surface area contributed by atoms with Crippen LogP contribution in [0.3, 0.4) is 0 Å². The number of rotatable bonds is 2. The first kappa shape index (κ1) is 11.9. The molecular weight excluding hydrogens is 196 g/mol. The standard InChI is InChI=1S/C9H18N4O2/c1-7-5-10-3-4-13(7)6-9(15)12-11-8(2)14/h7,10H,3-6H2,1-2H3,(H,11,14)(H,12,15). The van der Waals surface area contributed by atoms with Gasteiger partial charge in [0, 0.05) is 32.6 Å². The molecule has 86 valence electrons. The Morgan fingerprint density at radius 3 is 2.80 bits per heavy atom. The number of carbonyl (C=O) groups is 2. The third-order valence-electron chi connectivity index (χ3n) is 2.36. The van der Waals surface area contributed by atoms with Crippen molar-refractivity contribution in [3.05, 3.63) is 0 Å².